The van der Waals surface area contributed by atoms with Gasteiger partial charge in [-0.2, -0.15) is 0 Å². The smallest absolute Gasteiger partial charge is 0.303 e. The number of halogens is 1. The first-order valence-corrected chi connectivity index (χ1v) is 9.46. The SMILES string of the molecule is CC(=O)OC[C@H]1O[C@@H](n2cnc3c(C)nc(Br)nc32)C(OC(C)=O)C1OC(C)=O. The molecule has 0 N–H and O–H groups in total. The van der Waals surface area contributed by atoms with Crippen LogP contribution in [-0.4, -0.2) is 62.3 Å². The fourth-order valence-electron chi connectivity index (χ4n) is 3.13. The van der Waals surface area contributed by atoms with Crippen molar-refractivity contribution in [2.75, 3.05) is 6.61 Å². The van der Waals surface area contributed by atoms with Crippen molar-refractivity contribution in [2.24, 2.45) is 0 Å². The molecule has 4 atom stereocenters. The highest BCUT2D eigenvalue weighted by molar-refractivity contribution is 9.10. The monoisotopic (exact) mass is 470 g/mol. The van der Waals surface area contributed by atoms with Crippen molar-refractivity contribution in [2.45, 2.75) is 52.2 Å². The van der Waals surface area contributed by atoms with E-state index in [0.717, 1.165) is 0 Å². The number of fused-ring (bicyclic) bond motifs is 1. The lowest BCUT2D eigenvalue weighted by Gasteiger charge is -2.23. The zero-order chi connectivity index (χ0) is 21.3. The molecule has 29 heavy (non-hydrogen) atoms. The van der Waals surface area contributed by atoms with Crippen LogP contribution in [0.1, 0.15) is 32.7 Å². The van der Waals surface area contributed by atoms with Gasteiger partial charge in [0.05, 0.1) is 12.0 Å². The lowest BCUT2D eigenvalue weighted by molar-refractivity contribution is -0.166. The predicted octanol–water partition coefficient (Wildman–Crippen LogP) is 1.22. The van der Waals surface area contributed by atoms with Gasteiger partial charge in [-0.3, -0.25) is 19.0 Å². The second-order valence-corrected chi connectivity index (χ2v) is 7.13. The number of rotatable bonds is 5. The van der Waals surface area contributed by atoms with Crippen molar-refractivity contribution in [3.05, 3.63) is 16.8 Å². The number of esters is 3. The van der Waals surface area contributed by atoms with Crippen LogP contribution in [0, 0.1) is 6.92 Å². The Kier molecular flexibility index (Phi) is 6.13. The highest BCUT2D eigenvalue weighted by atomic mass is 79.9. The van der Waals surface area contributed by atoms with E-state index in [1.54, 1.807) is 11.5 Å². The molecule has 2 unspecified atom stereocenters. The summed E-state index contributed by atoms with van der Waals surface area (Å²) >= 11 is 3.25. The summed E-state index contributed by atoms with van der Waals surface area (Å²) in [5, 5.41) is 0. The maximum Gasteiger partial charge on any atom is 0.303 e. The molecule has 3 heterocycles. The van der Waals surface area contributed by atoms with E-state index in [4.69, 9.17) is 18.9 Å². The second-order valence-electron chi connectivity index (χ2n) is 6.42. The molecule has 1 fully saturated rings. The maximum atomic E-state index is 11.7. The summed E-state index contributed by atoms with van der Waals surface area (Å²) in [7, 11) is 0. The van der Waals surface area contributed by atoms with E-state index in [1.807, 2.05) is 0 Å². The zero-order valence-electron chi connectivity index (χ0n) is 16.1. The van der Waals surface area contributed by atoms with Gasteiger partial charge in [-0.1, -0.05) is 0 Å². The molecule has 0 aliphatic carbocycles. The Morgan fingerprint density at radius 3 is 2.38 bits per heavy atom. The van der Waals surface area contributed by atoms with Crippen LogP contribution in [0.3, 0.4) is 0 Å². The summed E-state index contributed by atoms with van der Waals surface area (Å²) in [4.78, 5) is 47.4. The maximum absolute atomic E-state index is 11.7. The molecule has 0 spiro atoms. The molecule has 1 aliphatic rings. The number of aromatic nitrogens is 4. The lowest BCUT2D eigenvalue weighted by atomic mass is 10.1. The van der Waals surface area contributed by atoms with Gasteiger partial charge >= 0.3 is 17.9 Å². The van der Waals surface area contributed by atoms with Gasteiger partial charge in [-0.25, -0.2) is 15.0 Å². The Balaban J connectivity index is 2.04. The molecule has 2 aromatic heterocycles. The lowest BCUT2D eigenvalue weighted by Crippen LogP contribution is -2.40. The first-order valence-electron chi connectivity index (χ1n) is 8.67. The molecule has 2 aromatic rings. The summed E-state index contributed by atoms with van der Waals surface area (Å²) in [6, 6.07) is 0. The van der Waals surface area contributed by atoms with Crippen molar-refractivity contribution in [1.82, 2.24) is 19.5 Å². The van der Waals surface area contributed by atoms with Crippen LogP contribution in [0.5, 0.6) is 0 Å². The van der Waals surface area contributed by atoms with E-state index < -0.39 is 42.4 Å². The number of carbonyl (C=O) groups is 3. The van der Waals surface area contributed by atoms with Crippen LogP contribution in [0.2, 0.25) is 0 Å². The van der Waals surface area contributed by atoms with E-state index in [2.05, 4.69) is 30.9 Å². The van der Waals surface area contributed by atoms with E-state index in [-0.39, 0.29) is 6.61 Å². The molecule has 1 aliphatic heterocycles. The predicted molar refractivity (Wildman–Crippen MR) is 99.4 cm³/mol. The van der Waals surface area contributed by atoms with Crippen LogP contribution in [0.4, 0.5) is 0 Å². The highest BCUT2D eigenvalue weighted by Gasteiger charge is 2.51. The van der Waals surface area contributed by atoms with Gasteiger partial charge in [0.15, 0.2) is 28.8 Å². The van der Waals surface area contributed by atoms with E-state index in [0.29, 0.717) is 21.6 Å². The number of carbonyl (C=O) groups excluding carboxylic acids is 3. The largest absolute Gasteiger partial charge is 0.463 e. The number of hydrogen-bond acceptors (Lipinski definition) is 10. The van der Waals surface area contributed by atoms with Gasteiger partial charge in [-0.05, 0) is 22.9 Å². The van der Waals surface area contributed by atoms with E-state index in [1.165, 1.54) is 27.1 Å². The number of ether oxygens (including phenoxy) is 4. The average molecular weight is 471 g/mol. The van der Waals surface area contributed by atoms with E-state index >= 15 is 0 Å². The van der Waals surface area contributed by atoms with Gasteiger partial charge in [0, 0.05) is 20.8 Å². The standard InChI is InChI=1S/C17H19BrN4O7/c1-7-12-15(21-17(18)20-7)22(6-19-12)16-14(28-10(4)25)13(27-9(3)24)11(29-16)5-26-8(2)23/h6,11,13-14,16H,5H2,1-4H3/t11-,13?,14?,16-/m1/s1. The third-order valence-electron chi connectivity index (χ3n) is 4.18. The zero-order valence-corrected chi connectivity index (χ0v) is 17.7. The minimum atomic E-state index is -1.01. The molecule has 0 aromatic carbocycles. The minimum Gasteiger partial charge on any atom is -0.463 e. The Hall–Kier alpha value is -2.60. The van der Waals surface area contributed by atoms with Crippen LogP contribution in [0.15, 0.2) is 11.1 Å². The molecular formula is C17H19BrN4O7. The normalized spacial score (nSPS) is 23.8. The van der Waals surface area contributed by atoms with Crippen LogP contribution in [-0.2, 0) is 33.3 Å². The molecule has 1 saturated heterocycles. The summed E-state index contributed by atoms with van der Waals surface area (Å²) in [6.45, 7) is 5.29. The third kappa shape index (κ3) is 4.53. The molecule has 12 heteroatoms. The molecular weight excluding hydrogens is 452 g/mol. The van der Waals surface area contributed by atoms with Crippen molar-refractivity contribution in [1.29, 1.82) is 0 Å². The summed E-state index contributed by atoms with van der Waals surface area (Å²) in [5.74, 6) is -1.71. The Bertz CT molecular complexity index is 963. The molecule has 11 nitrogen and oxygen atoms in total. The molecule has 3 rings (SSSR count). The Morgan fingerprint density at radius 1 is 1.10 bits per heavy atom. The fourth-order valence-corrected chi connectivity index (χ4v) is 3.56. The Labute approximate surface area is 173 Å². The van der Waals surface area contributed by atoms with Gasteiger partial charge < -0.3 is 18.9 Å². The minimum absolute atomic E-state index is 0.189. The Morgan fingerprint density at radius 2 is 1.76 bits per heavy atom. The summed E-state index contributed by atoms with van der Waals surface area (Å²) < 4.78 is 23.7. The highest BCUT2D eigenvalue weighted by Crippen LogP contribution is 2.36. The number of aryl methyl sites for hydroxylation is 1. The van der Waals surface area contributed by atoms with Gasteiger partial charge in [0.2, 0.25) is 0 Å². The molecule has 0 amide bonds. The molecule has 0 saturated carbocycles. The number of imidazole rings is 1. The van der Waals surface area contributed by atoms with Crippen LogP contribution < -0.4 is 0 Å². The van der Waals surface area contributed by atoms with Crippen molar-refractivity contribution < 1.29 is 33.3 Å². The summed E-state index contributed by atoms with van der Waals surface area (Å²) in [6.07, 6.45) is -2.32. The molecule has 156 valence electrons. The number of hydrogen-bond donors (Lipinski definition) is 0. The van der Waals surface area contributed by atoms with Gasteiger partial charge in [-0.15, -0.1) is 0 Å². The number of nitrogens with zero attached hydrogens (tertiary/aromatic N) is 4. The fraction of sp³-hybridized carbons (Fsp3) is 0.529. The first kappa shape index (κ1) is 21.1. The van der Waals surface area contributed by atoms with Crippen molar-refractivity contribution >= 4 is 45.0 Å². The van der Waals surface area contributed by atoms with Crippen molar-refractivity contribution in [3.8, 4) is 0 Å². The quantitative estimate of drug-likeness (QED) is 0.356. The summed E-state index contributed by atoms with van der Waals surface area (Å²) in [5.41, 5.74) is 1.60. The third-order valence-corrected chi connectivity index (χ3v) is 4.54. The first-order chi connectivity index (χ1) is 13.7. The van der Waals surface area contributed by atoms with Crippen LogP contribution in [0.25, 0.3) is 11.2 Å². The van der Waals surface area contributed by atoms with E-state index in [9.17, 15) is 14.4 Å². The van der Waals surface area contributed by atoms with Crippen LogP contribution >= 0.6 is 15.9 Å². The topological polar surface area (TPSA) is 132 Å². The average Bonchev–Trinajstić information content (AvgIpc) is 3.15. The second kappa shape index (κ2) is 8.41. The molecule has 0 radical (unpaired) electrons. The van der Waals surface area contributed by atoms with Gasteiger partial charge in [0.1, 0.15) is 18.2 Å². The van der Waals surface area contributed by atoms with Gasteiger partial charge in [0.25, 0.3) is 0 Å². The van der Waals surface area contributed by atoms with Crippen molar-refractivity contribution in [3.63, 3.8) is 0 Å². The molecule has 0 bridgehead atoms.